The molecule has 0 radical (unpaired) electrons. The molecule has 1 saturated heterocycles. The van der Waals surface area contributed by atoms with Gasteiger partial charge in [-0.05, 0) is 17.7 Å². The summed E-state index contributed by atoms with van der Waals surface area (Å²) in [5.74, 6) is -0.978. The molecule has 1 N–H and O–H groups in total. The van der Waals surface area contributed by atoms with E-state index in [1.165, 1.54) is 31.1 Å². The lowest BCUT2D eigenvalue weighted by atomic mass is 10.1. The minimum atomic E-state index is -3.46. The number of carbonyl (C=O) groups is 1. The number of aliphatic hydroxyl groups is 1. The van der Waals surface area contributed by atoms with Gasteiger partial charge in [0.2, 0.25) is 15.9 Å². The molecule has 0 spiro atoms. The van der Waals surface area contributed by atoms with E-state index in [0.717, 1.165) is 10.6 Å². The van der Waals surface area contributed by atoms with E-state index >= 15 is 0 Å². The number of sulfone groups is 1. The Morgan fingerprint density at radius 2 is 1.73 bits per heavy atom. The number of likely N-dealkylation sites (tertiary alicyclic amines) is 1. The van der Waals surface area contributed by atoms with E-state index in [0.29, 0.717) is 5.56 Å². The van der Waals surface area contributed by atoms with E-state index < -0.39 is 31.9 Å². The summed E-state index contributed by atoms with van der Waals surface area (Å²) in [5.41, 5.74) is 0.654. The maximum Gasteiger partial charge on any atom is 0.227 e. The summed E-state index contributed by atoms with van der Waals surface area (Å²) in [7, 11) is -3.89. The third-order valence-corrected chi connectivity index (χ3v) is 7.54. The molecule has 26 heavy (non-hydrogen) atoms. The summed E-state index contributed by atoms with van der Waals surface area (Å²) in [5, 5.41) is 10.1. The fraction of sp³-hybridized carbons (Fsp3) is 0.562. The molecule has 1 aromatic carbocycles. The van der Waals surface area contributed by atoms with Crippen molar-refractivity contribution < 1.29 is 26.7 Å². The van der Waals surface area contributed by atoms with Crippen molar-refractivity contribution in [3.05, 3.63) is 29.8 Å². The number of benzene rings is 1. The minimum Gasteiger partial charge on any atom is -0.391 e. The van der Waals surface area contributed by atoms with Crippen LogP contribution in [0.2, 0.25) is 0 Å². The molecule has 10 heteroatoms. The second kappa shape index (κ2) is 7.63. The summed E-state index contributed by atoms with van der Waals surface area (Å²) < 4.78 is 48.0. The standard InChI is InChI=1S/C16H24N2O6S2/c1-17(2)26(23,24)11-13-9-18(10-15(13)19)16(20)8-12-4-6-14(7-5-12)25(3,21)22/h4-7,13,15,19H,8-11H2,1-3H3/t13-,15-/m0/s1. The number of aliphatic hydroxyl groups excluding tert-OH is 1. The molecular formula is C16H24N2O6S2. The Hall–Kier alpha value is -1.49. The summed E-state index contributed by atoms with van der Waals surface area (Å²) in [6, 6.07) is 6.05. The smallest absolute Gasteiger partial charge is 0.227 e. The average molecular weight is 405 g/mol. The highest BCUT2D eigenvalue weighted by Crippen LogP contribution is 2.21. The SMILES string of the molecule is CN(C)S(=O)(=O)C[C@@H]1CN(C(=O)Cc2ccc(S(C)(=O)=O)cc2)C[C@@H]1O. The molecule has 0 aromatic heterocycles. The van der Waals surface area contributed by atoms with Gasteiger partial charge in [-0.1, -0.05) is 12.1 Å². The number of sulfonamides is 1. The Balaban J connectivity index is 2.00. The van der Waals surface area contributed by atoms with Crippen molar-refractivity contribution in [2.45, 2.75) is 17.4 Å². The third-order valence-electron chi connectivity index (χ3n) is 4.45. The molecular weight excluding hydrogens is 380 g/mol. The number of amides is 1. The highest BCUT2D eigenvalue weighted by molar-refractivity contribution is 7.90. The van der Waals surface area contributed by atoms with E-state index in [4.69, 9.17) is 0 Å². The molecule has 0 saturated carbocycles. The first kappa shape index (κ1) is 20.8. The van der Waals surface area contributed by atoms with E-state index in [1.807, 2.05) is 0 Å². The second-order valence-corrected chi connectivity index (χ2v) is 11.0. The lowest BCUT2D eigenvalue weighted by Gasteiger charge is -2.18. The van der Waals surface area contributed by atoms with Crippen LogP contribution < -0.4 is 0 Å². The van der Waals surface area contributed by atoms with Crippen LogP contribution in [0.3, 0.4) is 0 Å². The molecule has 0 aliphatic carbocycles. The number of carbonyl (C=O) groups excluding carboxylic acids is 1. The molecule has 2 rings (SSSR count). The minimum absolute atomic E-state index is 0.0594. The zero-order valence-corrected chi connectivity index (χ0v) is 16.6. The van der Waals surface area contributed by atoms with Crippen LogP contribution in [-0.4, -0.2) is 82.4 Å². The molecule has 1 heterocycles. The van der Waals surface area contributed by atoms with Gasteiger partial charge < -0.3 is 10.0 Å². The van der Waals surface area contributed by atoms with Crippen molar-refractivity contribution >= 4 is 25.8 Å². The summed E-state index contributed by atoms with van der Waals surface area (Å²) in [4.78, 5) is 14.1. The number of hydrogen-bond acceptors (Lipinski definition) is 6. The van der Waals surface area contributed by atoms with Gasteiger partial charge in [-0.25, -0.2) is 21.1 Å². The lowest BCUT2D eigenvalue weighted by Crippen LogP contribution is -2.34. The zero-order chi connectivity index (χ0) is 19.7. The van der Waals surface area contributed by atoms with Gasteiger partial charge in [-0.3, -0.25) is 4.79 Å². The number of nitrogens with zero attached hydrogens (tertiary/aromatic N) is 2. The Bertz CT molecular complexity index is 863. The first-order valence-electron chi connectivity index (χ1n) is 8.05. The fourth-order valence-electron chi connectivity index (χ4n) is 2.78. The van der Waals surface area contributed by atoms with Crippen LogP contribution in [0.25, 0.3) is 0 Å². The molecule has 1 fully saturated rings. The highest BCUT2D eigenvalue weighted by Gasteiger charge is 2.37. The van der Waals surface area contributed by atoms with Crippen molar-refractivity contribution in [2.75, 3.05) is 39.2 Å². The van der Waals surface area contributed by atoms with Gasteiger partial charge in [0.25, 0.3) is 0 Å². The van der Waals surface area contributed by atoms with Crippen LogP contribution in [-0.2, 0) is 31.1 Å². The van der Waals surface area contributed by atoms with Crippen LogP contribution in [0, 0.1) is 5.92 Å². The maximum absolute atomic E-state index is 12.4. The monoisotopic (exact) mass is 404 g/mol. The summed E-state index contributed by atoms with van der Waals surface area (Å²) in [6.07, 6.45) is 0.284. The predicted octanol–water partition coefficient (Wildman–Crippen LogP) is -0.657. The lowest BCUT2D eigenvalue weighted by molar-refractivity contribution is -0.129. The number of β-amino-alcohol motifs (C(OH)–C–C–N with tert-alkyl or cyclic N) is 1. The van der Waals surface area contributed by atoms with Crippen LogP contribution in [0.15, 0.2) is 29.2 Å². The number of rotatable bonds is 6. The van der Waals surface area contributed by atoms with Crippen molar-refractivity contribution in [3.8, 4) is 0 Å². The zero-order valence-electron chi connectivity index (χ0n) is 15.0. The predicted molar refractivity (Wildman–Crippen MR) is 96.8 cm³/mol. The van der Waals surface area contributed by atoms with Crippen LogP contribution in [0.1, 0.15) is 5.56 Å². The number of hydrogen-bond donors (Lipinski definition) is 1. The first-order chi connectivity index (χ1) is 11.9. The fourth-order valence-corrected chi connectivity index (χ4v) is 4.58. The van der Waals surface area contributed by atoms with Crippen molar-refractivity contribution in [2.24, 2.45) is 5.92 Å². The Morgan fingerprint density at radius 3 is 2.23 bits per heavy atom. The van der Waals surface area contributed by atoms with Gasteiger partial charge in [0.05, 0.1) is 23.2 Å². The maximum atomic E-state index is 12.4. The van der Waals surface area contributed by atoms with Crippen LogP contribution in [0.4, 0.5) is 0 Å². The first-order valence-corrected chi connectivity index (χ1v) is 11.6. The molecule has 2 atom stereocenters. The second-order valence-electron chi connectivity index (χ2n) is 6.78. The Morgan fingerprint density at radius 1 is 1.15 bits per heavy atom. The molecule has 1 aromatic rings. The van der Waals surface area contributed by atoms with Gasteiger partial charge in [0, 0.05) is 39.4 Å². The van der Waals surface area contributed by atoms with Crippen molar-refractivity contribution in [1.82, 2.24) is 9.21 Å². The molecule has 1 amide bonds. The van der Waals surface area contributed by atoms with E-state index in [-0.39, 0.29) is 36.1 Å². The summed E-state index contributed by atoms with van der Waals surface area (Å²) in [6.45, 7) is 0.266. The highest BCUT2D eigenvalue weighted by atomic mass is 32.2. The van der Waals surface area contributed by atoms with Crippen LogP contribution in [0.5, 0.6) is 0 Å². The van der Waals surface area contributed by atoms with E-state index in [9.17, 15) is 26.7 Å². The van der Waals surface area contributed by atoms with Gasteiger partial charge >= 0.3 is 0 Å². The molecule has 1 aliphatic rings. The van der Waals surface area contributed by atoms with Crippen molar-refractivity contribution in [1.29, 1.82) is 0 Å². The van der Waals surface area contributed by atoms with Gasteiger partial charge in [-0.15, -0.1) is 0 Å². The third kappa shape index (κ3) is 5.03. The largest absolute Gasteiger partial charge is 0.391 e. The normalized spacial score (nSPS) is 21.3. The van der Waals surface area contributed by atoms with Gasteiger partial charge in [0.15, 0.2) is 9.84 Å². The average Bonchev–Trinajstić information content (AvgIpc) is 2.87. The Kier molecular flexibility index (Phi) is 6.11. The topological polar surface area (TPSA) is 112 Å². The van der Waals surface area contributed by atoms with E-state index in [1.54, 1.807) is 12.1 Å². The molecule has 8 nitrogen and oxygen atoms in total. The van der Waals surface area contributed by atoms with Crippen LogP contribution >= 0.6 is 0 Å². The van der Waals surface area contributed by atoms with E-state index in [2.05, 4.69) is 0 Å². The Labute approximate surface area is 154 Å². The molecule has 0 bridgehead atoms. The van der Waals surface area contributed by atoms with Crippen molar-refractivity contribution in [3.63, 3.8) is 0 Å². The molecule has 0 unspecified atom stereocenters. The molecule has 1 aliphatic heterocycles. The molecule has 146 valence electrons. The summed E-state index contributed by atoms with van der Waals surface area (Å²) >= 11 is 0. The quantitative estimate of drug-likeness (QED) is 0.674. The van der Waals surface area contributed by atoms with Gasteiger partial charge in [0.1, 0.15) is 0 Å². The van der Waals surface area contributed by atoms with Gasteiger partial charge in [-0.2, -0.15) is 0 Å².